The second-order valence-corrected chi connectivity index (χ2v) is 5.74. The van der Waals surface area contributed by atoms with Gasteiger partial charge in [-0.05, 0) is 19.1 Å². The molecule has 18 heavy (non-hydrogen) atoms. The monoisotopic (exact) mass is 271 g/mol. The van der Waals surface area contributed by atoms with Gasteiger partial charge in [-0.15, -0.1) is 0 Å². The highest BCUT2D eigenvalue weighted by Gasteiger charge is 2.23. The maximum absolute atomic E-state index is 11.8. The molecule has 0 aliphatic heterocycles. The third-order valence-corrected chi connectivity index (χ3v) is 3.53. The number of hydrogen-bond acceptors (Lipinski definition) is 6. The Morgan fingerprint density at radius 3 is 2.67 bits per heavy atom. The average Bonchev–Trinajstić information content (AvgIpc) is 2.37. The molecule has 1 aromatic heterocycles. The van der Waals surface area contributed by atoms with E-state index in [1.807, 2.05) is 0 Å². The van der Waals surface area contributed by atoms with Crippen molar-refractivity contribution in [2.24, 2.45) is 0 Å². The van der Waals surface area contributed by atoms with Gasteiger partial charge in [-0.2, -0.15) is 5.26 Å². The minimum absolute atomic E-state index is 0.108. The smallest absolute Gasteiger partial charge is 0.242 e. The topological polar surface area (TPSA) is 123 Å². The standard InChI is InChI=1S/C10H13N3O4S/c1-10(15,7-14)6-13-18(16,17)9-3-2-8(4-11)12-5-9/h2-3,5,13-15H,6-7H2,1H3. The number of aliphatic hydroxyl groups excluding tert-OH is 1. The fourth-order valence-electron chi connectivity index (χ4n) is 0.995. The molecule has 7 nitrogen and oxygen atoms in total. The summed E-state index contributed by atoms with van der Waals surface area (Å²) in [5.41, 5.74) is -1.43. The Bertz CT molecular complexity index is 545. The van der Waals surface area contributed by atoms with E-state index in [0.29, 0.717) is 0 Å². The Hall–Kier alpha value is -1.53. The second kappa shape index (κ2) is 5.41. The molecule has 1 heterocycles. The predicted octanol–water partition coefficient (Wildman–Crippen LogP) is -1.03. The maximum atomic E-state index is 11.8. The van der Waals surface area contributed by atoms with Crippen molar-refractivity contribution in [1.29, 1.82) is 5.26 Å². The first kappa shape index (κ1) is 14.5. The first-order chi connectivity index (χ1) is 8.30. The fourth-order valence-corrected chi connectivity index (χ4v) is 2.10. The van der Waals surface area contributed by atoms with Gasteiger partial charge in [-0.3, -0.25) is 0 Å². The summed E-state index contributed by atoms with van der Waals surface area (Å²) >= 11 is 0. The van der Waals surface area contributed by atoms with Gasteiger partial charge in [0.25, 0.3) is 0 Å². The van der Waals surface area contributed by atoms with Gasteiger partial charge < -0.3 is 10.2 Å². The Kier molecular flexibility index (Phi) is 4.37. The van der Waals surface area contributed by atoms with Gasteiger partial charge in [-0.25, -0.2) is 18.1 Å². The van der Waals surface area contributed by atoms with E-state index in [2.05, 4.69) is 9.71 Å². The van der Waals surface area contributed by atoms with Crippen LogP contribution in [0.3, 0.4) is 0 Å². The molecule has 0 amide bonds. The van der Waals surface area contributed by atoms with E-state index in [0.717, 1.165) is 6.20 Å². The van der Waals surface area contributed by atoms with E-state index in [1.54, 1.807) is 6.07 Å². The molecule has 0 aromatic carbocycles. The van der Waals surface area contributed by atoms with Crippen LogP contribution in [0.5, 0.6) is 0 Å². The van der Waals surface area contributed by atoms with E-state index in [1.165, 1.54) is 19.1 Å². The molecule has 0 aliphatic rings. The molecule has 0 aliphatic carbocycles. The summed E-state index contributed by atoms with van der Waals surface area (Å²) in [5, 5.41) is 26.8. The Labute approximate surface area is 105 Å². The summed E-state index contributed by atoms with van der Waals surface area (Å²) in [7, 11) is -3.82. The van der Waals surface area contributed by atoms with Crippen molar-refractivity contribution in [1.82, 2.24) is 9.71 Å². The van der Waals surface area contributed by atoms with Crippen LogP contribution in [-0.2, 0) is 10.0 Å². The number of sulfonamides is 1. The zero-order valence-corrected chi connectivity index (χ0v) is 10.5. The van der Waals surface area contributed by atoms with Crippen molar-refractivity contribution in [3.8, 4) is 6.07 Å². The number of nitrogens with zero attached hydrogens (tertiary/aromatic N) is 2. The SMILES string of the molecule is CC(O)(CO)CNS(=O)(=O)c1ccc(C#N)nc1. The number of aliphatic hydroxyl groups is 2. The average molecular weight is 271 g/mol. The fraction of sp³-hybridized carbons (Fsp3) is 0.400. The maximum Gasteiger partial charge on any atom is 0.242 e. The largest absolute Gasteiger partial charge is 0.393 e. The molecule has 1 atom stereocenters. The van der Waals surface area contributed by atoms with Crippen LogP contribution >= 0.6 is 0 Å². The van der Waals surface area contributed by atoms with E-state index in [9.17, 15) is 13.5 Å². The summed E-state index contributed by atoms with van der Waals surface area (Å²) in [4.78, 5) is 3.52. The van der Waals surface area contributed by atoms with Crippen LogP contribution in [0.25, 0.3) is 0 Å². The molecule has 8 heteroatoms. The van der Waals surface area contributed by atoms with E-state index < -0.39 is 22.2 Å². The lowest BCUT2D eigenvalue weighted by Crippen LogP contribution is -2.43. The van der Waals surface area contributed by atoms with Crippen LogP contribution in [0.4, 0.5) is 0 Å². The summed E-state index contributed by atoms with van der Waals surface area (Å²) in [6.07, 6.45) is 1.05. The first-order valence-corrected chi connectivity index (χ1v) is 6.48. The summed E-state index contributed by atoms with van der Waals surface area (Å²) in [6.45, 7) is 0.402. The molecule has 1 aromatic rings. The van der Waals surface area contributed by atoms with Gasteiger partial charge in [-0.1, -0.05) is 0 Å². The van der Waals surface area contributed by atoms with Crippen LogP contribution in [0.15, 0.2) is 23.2 Å². The van der Waals surface area contributed by atoms with Crippen LogP contribution in [0.1, 0.15) is 12.6 Å². The van der Waals surface area contributed by atoms with Gasteiger partial charge in [0.2, 0.25) is 10.0 Å². The van der Waals surface area contributed by atoms with Crippen molar-refractivity contribution in [2.45, 2.75) is 17.4 Å². The zero-order chi connectivity index (χ0) is 13.8. The van der Waals surface area contributed by atoms with Crippen LogP contribution in [-0.4, -0.2) is 42.4 Å². The third kappa shape index (κ3) is 3.75. The van der Waals surface area contributed by atoms with Crippen LogP contribution < -0.4 is 4.72 Å². The highest BCUT2D eigenvalue weighted by Crippen LogP contribution is 2.09. The Morgan fingerprint density at radius 2 is 2.22 bits per heavy atom. The Morgan fingerprint density at radius 1 is 1.56 bits per heavy atom. The highest BCUT2D eigenvalue weighted by atomic mass is 32.2. The van der Waals surface area contributed by atoms with Gasteiger partial charge in [0, 0.05) is 12.7 Å². The van der Waals surface area contributed by atoms with Crippen molar-refractivity contribution in [3.05, 3.63) is 24.0 Å². The third-order valence-electron chi connectivity index (χ3n) is 2.14. The number of pyridine rings is 1. The highest BCUT2D eigenvalue weighted by molar-refractivity contribution is 7.89. The minimum Gasteiger partial charge on any atom is -0.393 e. The molecule has 0 spiro atoms. The van der Waals surface area contributed by atoms with Crippen LogP contribution in [0.2, 0.25) is 0 Å². The van der Waals surface area contributed by atoms with E-state index >= 15 is 0 Å². The van der Waals surface area contributed by atoms with Gasteiger partial charge in [0.1, 0.15) is 16.7 Å². The van der Waals surface area contributed by atoms with Crippen molar-refractivity contribution < 1.29 is 18.6 Å². The molecular formula is C10H13N3O4S. The normalized spacial score (nSPS) is 14.8. The molecule has 0 saturated carbocycles. The molecule has 0 fully saturated rings. The lowest BCUT2D eigenvalue weighted by atomic mass is 10.1. The number of nitriles is 1. The Balaban J connectivity index is 2.84. The van der Waals surface area contributed by atoms with E-state index in [-0.39, 0.29) is 17.1 Å². The molecule has 98 valence electrons. The van der Waals surface area contributed by atoms with Crippen LogP contribution in [0, 0.1) is 11.3 Å². The molecule has 3 N–H and O–H groups in total. The van der Waals surface area contributed by atoms with Gasteiger partial charge in [0.05, 0.1) is 12.2 Å². The molecular weight excluding hydrogens is 258 g/mol. The van der Waals surface area contributed by atoms with Crippen molar-refractivity contribution in [2.75, 3.05) is 13.2 Å². The molecule has 1 unspecified atom stereocenters. The molecule has 0 bridgehead atoms. The molecule has 0 saturated heterocycles. The van der Waals surface area contributed by atoms with E-state index in [4.69, 9.17) is 10.4 Å². The van der Waals surface area contributed by atoms with Gasteiger partial charge >= 0.3 is 0 Å². The lowest BCUT2D eigenvalue weighted by Gasteiger charge is -2.20. The second-order valence-electron chi connectivity index (χ2n) is 3.97. The number of nitrogens with one attached hydrogen (secondary N) is 1. The summed E-state index contributed by atoms with van der Waals surface area (Å²) in [5.74, 6) is 0. The number of rotatable bonds is 5. The zero-order valence-electron chi connectivity index (χ0n) is 9.66. The first-order valence-electron chi connectivity index (χ1n) is 5.00. The summed E-state index contributed by atoms with van der Waals surface area (Å²) < 4.78 is 25.7. The molecule has 1 rings (SSSR count). The number of hydrogen-bond donors (Lipinski definition) is 3. The quantitative estimate of drug-likeness (QED) is 0.629. The van der Waals surface area contributed by atoms with Crippen molar-refractivity contribution in [3.63, 3.8) is 0 Å². The predicted molar refractivity (Wildman–Crippen MR) is 61.9 cm³/mol. The number of aromatic nitrogens is 1. The lowest BCUT2D eigenvalue weighted by molar-refractivity contribution is 0.00681. The summed E-state index contributed by atoms with van der Waals surface area (Å²) in [6, 6.07) is 4.29. The van der Waals surface area contributed by atoms with Crippen molar-refractivity contribution >= 4 is 10.0 Å². The molecule has 0 radical (unpaired) electrons. The minimum atomic E-state index is -3.82. The van der Waals surface area contributed by atoms with Gasteiger partial charge in [0.15, 0.2) is 0 Å².